The molecule has 0 bridgehead atoms. The number of para-hydroxylation sites is 2. The van der Waals surface area contributed by atoms with Crippen LogP contribution < -0.4 is 25.3 Å². The summed E-state index contributed by atoms with van der Waals surface area (Å²) in [7, 11) is 1.52. The SMILES string of the molecule is COc1cc(N)ccc1NC(=O)c1ccccc1OCCOc1ccccc1. The Morgan fingerprint density at radius 2 is 1.61 bits per heavy atom. The molecule has 0 heterocycles. The maximum atomic E-state index is 12.7. The summed E-state index contributed by atoms with van der Waals surface area (Å²) in [6.07, 6.45) is 0. The molecule has 3 aromatic rings. The minimum absolute atomic E-state index is 0.303. The number of nitrogen functional groups attached to an aromatic ring is 1. The number of anilines is 2. The average Bonchev–Trinajstić information content (AvgIpc) is 2.73. The van der Waals surface area contributed by atoms with Crippen LogP contribution in [0.1, 0.15) is 10.4 Å². The molecule has 0 saturated carbocycles. The first-order valence-electron chi connectivity index (χ1n) is 8.82. The molecule has 3 rings (SSSR count). The number of ether oxygens (including phenoxy) is 3. The molecule has 0 atom stereocenters. The number of nitrogens with two attached hydrogens (primary N) is 1. The second kappa shape index (κ2) is 9.32. The van der Waals surface area contributed by atoms with E-state index in [0.717, 1.165) is 5.75 Å². The Hall–Kier alpha value is -3.67. The van der Waals surface area contributed by atoms with Gasteiger partial charge in [-0.2, -0.15) is 0 Å². The molecule has 28 heavy (non-hydrogen) atoms. The average molecular weight is 378 g/mol. The van der Waals surface area contributed by atoms with Gasteiger partial charge < -0.3 is 25.3 Å². The lowest BCUT2D eigenvalue weighted by Gasteiger charge is -2.14. The number of hydrogen-bond donors (Lipinski definition) is 2. The molecule has 0 radical (unpaired) electrons. The molecule has 0 fully saturated rings. The van der Waals surface area contributed by atoms with Crippen LogP contribution in [-0.4, -0.2) is 26.2 Å². The first kappa shape index (κ1) is 19.1. The molecule has 0 spiro atoms. The predicted octanol–water partition coefficient (Wildman–Crippen LogP) is 3.99. The van der Waals surface area contributed by atoms with Crippen LogP contribution in [0.2, 0.25) is 0 Å². The molecule has 0 aliphatic carbocycles. The standard InChI is InChI=1S/C22H22N2O4/c1-26-21-15-16(23)11-12-19(21)24-22(25)18-9-5-6-10-20(18)28-14-13-27-17-7-3-2-4-8-17/h2-12,15H,13-14,23H2,1H3,(H,24,25). The Kier molecular flexibility index (Phi) is 6.36. The Balaban J connectivity index is 1.63. The van der Waals surface area contributed by atoms with Crippen LogP contribution in [0.4, 0.5) is 11.4 Å². The highest BCUT2D eigenvalue weighted by Crippen LogP contribution is 2.28. The summed E-state index contributed by atoms with van der Waals surface area (Å²) in [6.45, 7) is 0.677. The van der Waals surface area contributed by atoms with Crippen LogP contribution in [0.5, 0.6) is 17.2 Å². The smallest absolute Gasteiger partial charge is 0.259 e. The van der Waals surface area contributed by atoms with Crippen LogP contribution in [0.3, 0.4) is 0 Å². The van der Waals surface area contributed by atoms with E-state index in [4.69, 9.17) is 19.9 Å². The molecule has 144 valence electrons. The van der Waals surface area contributed by atoms with Crippen molar-refractivity contribution in [1.29, 1.82) is 0 Å². The third kappa shape index (κ3) is 4.94. The van der Waals surface area contributed by atoms with E-state index in [2.05, 4.69) is 5.32 Å². The van der Waals surface area contributed by atoms with E-state index < -0.39 is 0 Å². The zero-order valence-corrected chi connectivity index (χ0v) is 15.6. The van der Waals surface area contributed by atoms with E-state index in [-0.39, 0.29) is 5.91 Å². The monoisotopic (exact) mass is 378 g/mol. The van der Waals surface area contributed by atoms with Gasteiger partial charge in [0.2, 0.25) is 0 Å². The normalized spacial score (nSPS) is 10.2. The van der Waals surface area contributed by atoms with Crippen molar-refractivity contribution in [2.75, 3.05) is 31.4 Å². The third-order valence-electron chi connectivity index (χ3n) is 3.96. The van der Waals surface area contributed by atoms with E-state index in [0.29, 0.717) is 41.7 Å². The Morgan fingerprint density at radius 1 is 0.893 bits per heavy atom. The molecule has 6 heteroatoms. The summed E-state index contributed by atoms with van der Waals surface area (Å²) in [5.74, 6) is 1.43. The Labute approximate surface area is 163 Å². The molecule has 0 unspecified atom stereocenters. The number of benzene rings is 3. The summed E-state index contributed by atoms with van der Waals surface area (Å²) < 4.78 is 16.6. The van der Waals surface area contributed by atoms with Gasteiger partial charge in [-0.05, 0) is 36.4 Å². The van der Waals surface area contributed by atoms with Crippen LogP contribution in [0.25, 0.3) is 0 Å². The molecule has 3 aromatic carbocycles. The van der Waals surface area contributed by atoms with Crippen molar-refractivity contribution in [3.63, 3.8) is 0 Å². The fraction of sp³-hybridized carbons (Fsp3) is 0.136. The minimum Gasteiger partial charge on any atom is -0.494 e. The highest BCUT2D eigenvalue weighted by atomic mass is 16.5. The van der Waals surface area contributed by atoms with Crippen molar-refractivity contribution in [1.82, 2.24) is 0 Å². The highest BCUT2D eigenvalue weighted by molar-refractivity contribution is 6.07. The maximum Gasteiger partial charge on any atom is 0.259 e. The highest BCUT2D eigenvalue weighted by Gasteiger charge is 2.14. The van der Waals surface area contributed by atoms with Crippen LogP contribution in [0.15, 0.2) is 72.8 Å². The van der Waals surface area contributed by atoms with E-state index in [1.807, 2.05) is 36.4 Å². The lowest BCUT2D eigenvalue weighted by molar-refractivity contribution is 0.102. The van der Waals surface area contributed by atoms with Crippen LogP contribution in [-0.2, 0) is 0 Å². The van der Waals surface area contributed by atoms with E-state index >= 15 is 0 Å². The Bertz CT molecular complexity index is 929. The second-order valence-corrected chi connectivity index (χ2v) is 5.92. The van der Waals surface area contributed by atoms with Crippen molar-refractivity contribution in [2.45, 2.75) is 0 Å². The molecule has 0 aliphatic rings. The summed E-state index contributed by atoms with van der Waals surface area (Å²) in [5, 5.41) is 2.83. The molecule has 1 amide bonds. The fourth-order valence-electron chi connectivity index (χ4n) is 2.61. The number of methoxy groups -OCH3 is 1. The Morgan fingerprint density at radius 3 is 2.39 bits per heavy atom. The first-order valence-corrected chi connectivity index (χ1v) is 8.82. The molecule has 3 N–H and O–H groups in total. The quantitative estimate of drug-likeness (QED) is 0.457. The predicted molar refractivity (Wildman–Crippen MR) is 109 cm³/mol. The van der Waals surface area contributed by atoms with Gasteiger partial charge in [0.1, 0.15) is 30.5 Å². The molecular formula is C22H22N2O4. The van der Waals surface area contributed by atoms with E-state index in [1.165, 1.54) is 7.11 Å². The largest absolute Gasteiger partial charge is 0.494 e. The number of rotatable bonds is 8. The van der Waals surface area contributed by atoms with Gasteiger partial charge in [-0.1, -0.05) is 30.3 Å². The lowest BCUT2D eigenvalue weighted by Crippen LogP contribution is -2.16. The van der Waals surface area contributed by atoms with Crippen molar-refractivity contribution in [3.8, 4) is 17.2 Å². The zero-order chi connectivity index (χ0) is 19.8. The minimum atomic E-state index is -0.303. The maximum absolute atomic E-state index is 12.7. The second-order valence-electron chi connectivity index (χ2n) is 5.92. The summed E-state index contributed by atoms with van der Waals surface area (Å²) in [4.78, 5) is 12.7. The van der Waals surface area contributed by atoms with Gasteiger partial charge in [-0.25, -0.2) is 0 Å². The fourth-order valence-corrected chi connectivity index (χ4v) is 2.61. The summed E-state index contributed by atoms with van der Waals surface area (Å²) in [5.41, 5.74) is 7.26. The van der Waals surface area contributed by atoms with Gasteiger partial charge in [0.05, 0.1) is 18.4 Å². The molecular weight excluding hydrogens is 356 g/mol. The van der Waals surface area contributed by atoms with Crippen LogP contribution >= 0.6 is 0 Å². The zero-order valence-electron chi connectivity index (χ0n) is 15.6. The van der Waals surface area contributed by atoms with Crippen molar-refractivity contribution >= 4 is 17.3 Å². The number of hydrogen-bond acceptors (Lipinski definition) is 5. The van der Waals surface area contributed by atoms with Crippen LogP contribution in [0, 0.1) is 0 Å². The molecule has 6 nitrogen and oxygen atoms in total. The number of carbonyl (C=O) groups is 1. The van der Waals surface area contributed by atoms with E-state index in [1.54, 1.807) is 36.4 Å². The van der Waals surface area contributed by atoms with Gasteiger partial charge in [-0.15, -0.1) is 0 Å². The van der Waals surface area contributed by atoms with Crippen molar-refractivity contribution in [2.24, 2.45) is 0 Å². The van der Waals surface area contributed by atoms with Crippen molar-refractivity contribution in [3.05, 3.63) is 78.4 Å². The number of carbonyl (C=O) groups excluding carboxylic acids is 1. The van der Waals surface area contributed by atoms with Gasteiger partial charge in [0.15, 0.2) is 0 Å². The van der Waals surface area contributed by atoms with Gasteiger partial charge in [0.25, 0.3) is 5.91 Å². The van der Waals surface area contributed by atoms with Gasteiger partial charge >= 0.3 is 0 Å². The van der Waals surface area contributed by atoms with E-state index in [9.17, 15) is 4.79 Å². The van der Waals surface area contributed by atoms with Gasteiger partial charge in [-0.3, -0.25) is 4.79 Å². The summed E-state index contributed by atoms with van der Waals surface area (Å²) in [6, 6.07) is 21.6. The molecule has 0 aliphatic heterocycles. The molecule has 0 saturated heterocycles. The van der Waals surface area contributed by atoms with Gasteiger partial charge in [0, 0.05) is 11.8 Å². The molecule has 0 aromatic heterocycles. The first-order chi connectivity index (χ1) is 13.7. The topological polar surface area (TPSA) is 82.8 Å². The van der Waals surface area contributed by atoms with Crippen molar-refractivity contribution < 1.29 is 19.0 Å². The number of amides is 1. The third-order valence-corrected chi connectivity index (χ3v) is 3.96. The summed E-state index contributed by atoms with van der Waals surface area (Å²) >= 11 is 0. The number of nitrogens with one attached hydrogen (secondary N) is 1. The lowest BCUT2D eigenvalue weighted by atomic mass is 10.1.